The van der Waals surface area contributed by atoms with Gasteiger partial charge in [0.25, 0.3) is 0 Å². The topological polar surface area (TPSA) is 49.9 Å². The molecule has 0 aromatic heterocycles. The predicted molar refractivity (Wildman–Crippen MR) is 83.2 cm³/mol. The fourth-order valence-corrected chi connectivity index (χ4v) is 2.84. The Kier molecular flexibility index (Phi) is 5.22. The number of carbonyl (C=O) groups excluding carboxylic acids is 2. The minimum absolute atomic E-state index is 0.0644. The lowest BCUT2D eigenvalue weighted by Crippen LogP contribution is -2.50. The van der Waals surface area contributed by atoms with Crippen molar-refractivity contribution >= 4 is 27.7 Å². The summed E-state index contributed by atoms with van der Waals surface area (Å²) in [5, 5.41) is 0. The van der Waals surface area contributed by atoms with Crippen LogP contribution in [0.15, 0.2) is 22.7 Å². The molecule has 0 saturated carbocycles. The standard InChI is InChI=1S/C15H19BrN2O3/c1-11(19)17-5-7-18(8-6-17)15(20)10-12-9-13(16)3-4-14(12)21-2/h3-4,9H,5-8,10H2,1-2H3. The molecule has 0 radical (unpaired) electrons. The minimum Gasteiger partial charge on any atom is -0.496 e. The average molecular weight is 355 g/mol. The Morgan fingerprint density at radius 3 is 2.38 bits per heavy atom. The molecule has 114 valence electrons. The van der Waals surface area contributed by atoms with Gasteiger partial charge in [0.2, 0.25) is 11.8 Å². The molecule has 0 atom stereocenters. The fourth-order valence-electron chi connectivity index (χ4n) is 2.43. The SMILES string of the molecule is COc1ccc(Br)cc1CC(=O)N1CCN(C(C)=O)CC1. The van der Waals surface area contributed by atoms with E-state index in [0.29, 0.717) is 38.3 Å². The van der Waals surface area contributed by atoms with Gasteiger partial charge >= 0.3 is 0 Å². The molecule has 1 aromatic rings. The lowest BCUT2D eigenvalue weighted by Gasteiger charge is -2.34. The Balaban J connectivity index is 1.99. The highest BCUT2D eigenvalue weighted by Gasteiger charge is 2.23. The van der Waals surface area contributed by atoms with Gasteiger partial charge in [-0.25, -0.2) is 0 Å². The molecule has 1 heterocycles. The van der Waals surface area contributed by atoms with Crippen LogP contribution in [0.4, 0.5) is 0 Å². The van der Waals surface area contributed by atoms with Gasteiger partial charge in [0.15, 0.2) is 0 Å². The number of hydrogen-bond donors (Lipinski definition) is 0. The Bertz CT molecular complexity index is 540. The molecule has 2 amide bonds. The van der Waals surface area contributed by atoms with E-state index < -0.39 is 0 Å². The molecule has 1 aromatic carbocycles. The van der Waals surface area contributed by atoms with Gasteiger partial charge in [-0.2, -0.15) is 0 Å². The molecule has 0 spiro atoms. The van der Waals surface area contributed by atoms with Crippen LogP contribution in [0.25, 0.3) is 0 Å². The quantitative estimate of drug-likeness (QED) is 0.829. The number of amides is 2. The zero-order valence-corrected chi connectivity index (χ0v) is 13.9. The molecule has 1 aliphatic rings. The molecule has 2 rings (SSSR count). The van der Waals surface area contributed by atoms with Gasteiger partial charge in [0.1, 0.15) is 5.75 Å². The van der Waals surface area contributed by atoms with Crippen molar-refractivity contribution in [2.24, 2.45) is 0 Å². The highest BCUT2D eigenvalue weighted by molar-refractivity contribution is 9.10. The van der Waals surface area contributed by atoms with Crippen molar-refractivity contribution in [3.8, 4) is 5.75 Å². The molecular formula is C15H19BrN2O3. The van der Waals surface area contributed by atoms with Crippen LogP contribution in [0.2, 0.25) is 0 Å². The molecule has 0 N–H and O–H groups in total. The molecule has 0 unspecified atom stereocenters. The summed E-state index contributed by atoms with van der Waals surface area (Å²) in [6.07, 6.45) is 0.308. The molecule has 0 aliphatic carbocycles. The van der Waals surface area contributed by atoms with Gasteiger partial charge < -0.3 is 14.5 Å². The van der Waals surface area contributed by atoms with Gasteiger partial charge in [-0.05, 0) is 18.2 Å². The number of benzene rings is 1. The highest BCUT2D eigenvalue weighted by Crippen LogP contribution is 2.24. The first-order chi connectivity index (χ1) is 10.0. The van der Waals surface area contributed by atoms with E-state index in [0.717, 1.165) is 10.0 Å². The van der Waals surface area contributed by atoms with Crippen molar-refractivity contribution in [2.75, 3.05) is 33.3 Å². The van der Waals surface area contributed by atoms with E-state index in [9.17, 15) is 9.59 Å². The largest absolute Gasteiger partial charge is 0.496 e. The van der Waals surface area contributed by atoms with Crippen LogP contribution < -0.4 is 4.74 Å². The number of nitrogens with zero attached hydrogens (tertiary/aromatic N) is 2. The second-order valence-electron chi connectivity index (χ2n) is 5.02. The second-order valence-corrected chi connectivity index (χ2v) is 5.94. The number of piperazine rings is 1. The minimum atomic E-state index is 0.0644. The zero-order chi connectivity index (χ0) is 15.4. The van der Waals surface area contributed by atoms with Gasteiger partial charge in [-0.3, -0.25) is 9.59 Å². The summed E-state index contributed by atoms with van der Waals surface area (Å²) in [6.45, 7) is 3.96. The summed E-state index contributed by atoms with van der Waals surface area (Å²) >= 11 is 3.41. The van der Waals surface area contributed by atoms with Gasteiger partial charge in [0, 0.05) is 43.1 Å². The summed E-state index contributed by atoms with van der Waals surface area (Å²) < 4.78 is 6.22. The molecule has 1 aliphatic heterocycles. The lowest BCUT2D eigenvalue weighted by atomic mass is 10.1. The number of methoxy groups -OCH3 is 1. The molecule has 1 fully saturated rings. The second kappa shape index (κ2) is 6.93. The van der Waals surface area contributed by atoms with Crippen molar-refractivity contribution in [3.63, 3.8) is 0 Å². The Labute approximate surface area is 133 Å². The smallest absolute Gasteiger partial charge is 0.227 e. The summed E-state index contributed by atoms with van der Waals surface area (Å²) in [7, 11) is 1.60. The van der Waals surface area contributed by atoms with Crippen LogP contribution >= 0.6 is 15.9 Å². The van der Waals surface area contributed by atoms with Crippen molar-refractivity contribution in [3.05, 3.63) is 28.2 Å². The van der Waals surface area contributed by atoms with Crippen molar-refractivity contribution < 1.29 is 14.3 Å². The first-order valence-electron chi connectivity index (χ1n) is 6.87. The number of carbonyl (C=O) groups is 2. The van der Waals surface area contributed by atoms with E-state index in [-0.39, 0.29) is 11.8 Å². The molecule has 21 heavy (non-hydrogen) atoms. The van der Waals surface area contributed by atoms with E-state index in [1.54, 1.807) is 23.8 Å². The first kappa shape index (κ1) is 15.8. The number of hydrogen-bond acceptors (Lipinski definition) is 3. The monoisotopic (exact) mass is 354 g/mol. The third kappa shape index (κ3) is 3.97. The molecule has 5 nitrogen and oxygen atoms in total. The molecule has 0 bridgehead atoms. The summed E-state index contributed by atoms with van der Waals surface area (Å²) in [4.78, 5) is 27.2. The summed E-state index contributed by atoms with van der Waals surface area (Å²) in [6, 6.07) is 5.64. The van der Waals surface area contributed by atoms with Gasteiger partial charge in [-0.15, -0.1) is 0 Å². The van der Waals surface area contributed by atoms with Crippen LogP contribution in [-0.2, 0) is 16.0 Å². The van der Waals surface area contributed by atoms with Crippen LogP contribution in [-0.4, -0.2) is 54.9 Å². The van der Waals surface area contributed by atoms with E-state index in [1.165, 1.54) is 0 Å². The van der Waals surface area contributed by atoms with Crippen molar-refractivity contribution in [2.45, 2.75) is 13.3 Å². The Morgan fingerprint density at radius 1 is 1.19 bits per heavy atom. The number of halogens is 1. The lowest BCUT2D eigenvalue weighted by molar-refractivity contribution is -0.138. The van der Waals surface area contributed by atoms with E-state index >= 15 is 0 Å². The average Bonchev–Trinajstić information content (AvgIpc) is 2.47. The summed E-state index contributed by atoms with van der Waals surface area (Å²) in [5.74, 6) is 0.847. The van der Waals surface area contributed by atoms with E-state index in [1.807, 2.05) is 18.2 Å². The van der Waals surface area contributed by atoms with Gasteiger partial charge in [0.05, 0.1) is 13.5 Å². The summed E-state index contributed by atoms with van der Waals surface area (Å²) in [5.41, 5.74) is 0.867. The van der Waals surface area contributed by atoms with Crippen molar-refractivity contribution in [1.29, 1.82) is 0 Å². The number of ether oxygens (including phenoxy) is 1. The van der Waals surface area contributed by atoms with Crippen LogP contribution in [0.3, 0.4) is 0 Å². The molecule has 1 saturated heterocycles. The van der Waals surface area contributed by atoms with Gasteiger partial charge in [-0.1, -0.05) is 15.9 Å². The van der Waals surface area contributed by atoms with Crippen LogP contribution in [0.1, 0.15) is 12.5 Å². The van der Waals surface area contributed by atoms with Crippen molar-refractivity contribution in [1.82, 2.24) is 9.80 Å². The first-order valence-corrected chi connectivity index (χ1v) is 7.66. The normalized spacial score (nSPS) is 15.0. The number of rotatable bonds is 3. The fraction of sp³-hybridized carbons (Fsp3) is 0.467. The maximum Gasteiger partial charge on any atom is 0.227 e. The maximum atomic E-state index is 12.4. The Hall–Kier alpha value is -1.56. The third-order valence-corrected chi connectivity index (χ3v) is 4.16. The maximum absolute atomic E-state index is 12.4. The molecular weight excluding hydrogens is 336 g/mol. The van der Waals surface area contributed by atoms with E-state index in [2.05, 4.69) is 15.9 Å². The molecule has 6 heteroatoms. The van der Waals surface area contributed by atoms with Crippen LogP contribution in [0.5, 0.6) is 5.75 Å². The third-order valence-electron chi connectivity index (χ3n) is 3.66. The van der Waals surface area contributed by atoms with Crippen LogP contribution in [0, 0.1) is 0 Å². The Morgan fingerprint density at radius 2 is 1.81 bits per heavy atom. The van der Waals surface area contributed by atoms with E-state index in [4.69, 9.17) is 4.74 Å². The zero-order valence-electron chi connectivity index (χ0n) is 12.3. The highest BCUT2D eigenvalue weighted by atomic mass is 79.9. The predicted octanol–water partition coefficient (Wildman–Crippen LogP) is 1.69.